The number of ether oxygens (including phenoxy) is 1. The average Bonchev–Trinajstić information content (AvgIpc) is 2.83. The Balaban J connectivity index is 1.71. The van der Waals surface area contributed by atoms with Gasteiger partial charge in [0.25, 0.3) is 5.56 Å². The molecule has 1 aliphatic rings. The molecule has 0 aliphatic heterocycles. The normalized spacial score (nSPS) is 13.8. The SMILES string of the molecule is COC(=O)c1ccc2c(=O)n(CCC3=CCCCC3)c(SCc3ccccc3F)nc2c1. The number of fused-ring (bicyclic) bond motifs is 1. The van der Waals surface area contributed by atoms with Crippen LogP contribution in [0.3, 0.4) is 0 Å². The first-order chi connectivity index (χ1) is 15.6. The van der Waals surface area contributed by atoms with Gasteiger partial charge in [-0.3, -0.25) is 9.36 Å². The Morgan fingerprint density at radius 1 is 1.22 bits per heavy atom. The number of hydrogen-bond donors (Lipinski definition) is 0. The molecule has 3 aromatic rings. The number of thioether (sulfide) groups is 1. The molecule has 0 unspecified atom stereocenters. The van der Waals surface area contributed by atoms with E-state index in [1.807, 2.05) is 0 Å². The van der Waals surface area contributed by atoms with Crippen molar-refractivity contribution in [1.82, 2.24) is 9.55 Å². The number of halogens is 1. The van der Waals surface area contributed by atoms with Crippen molar-refractivity contribution in [1.29, 1.82) is 0 Å². The highest BCUT2D eigenvalue weighted by molar-refractivity contribution is 7.98. The second kappa shape index (κ2) is 10.1. The zero-order valence-corrected chi connectivity index (χ0v) is 18.8. The number of methoxy groups -OCH3 is 1. The van der Waals surface area contributed by atoms with Crippen LogP contribution in [0.4, 0.5) is 4.39 Å². The topological polar surface area (TPSA) is 61.2 Å². The van der Waals surface area contributed by atoms with Gasteiger partial charge in [0, 0.05) is 12.3 Å². The van der Waals surface area contributed by atoms with Crippen LogP contribution in [-0.2, 0) is 17.0 Å². The molecule has 1 aliphatic carbocycles. The van der Waals surface area contributed by atoms with Crippen molar-refractivity contribution in [2.75, 3.05) is 7.11 Å². The number of hydrogen-bond acceptors (Lipinski definition) is 5. The summed E-state index contributed by atoms with van der Waals surface area (Å²) in [6, 6.07) is 11.4. The van der Waals surface area contributed by atoms with E-state index in [0.717, 1.165) is 19.3 Å². The molecular formula is C25H25FN2O3S. The van der Waals surface area contributed by atoms with Gasteiger partial charge in [-0.05, 0) is 61.9 Å². The molecule has 2 aromatic carbocycles. The Bertz CT molecular complexity index is 1240. The third kappa shape index (κ3) is 4.93. The average molecular weight is 453 g/mol. The summed E-state index contributed by atoms with van der Waals surface area (Å²) in [5.74, 6) is -0.415. The highest BCUT2D eigenvalue weighted by atomic mass is 32.2. The van der Waals surface area contributed by atoms with Crippen LogP contribution in [-0.4, -0.2) is 22.6 Å². The summed E-state index contributed by atoms with van der Waals surface area (Å²) in [7, 11) is 1.31. The highest BCUT2D eigenvalue weighted by Gasteiger charge is 2.16. The van der Waals surface area contributed by atoms with Crippen molar-refractivity contribution >= 4 is 28.6 Å². The van der Waals surface area contributed by atoms with Crippen LogP contribution in [0.1, 0.15) is 48.0 Å². The molecular weight excluding hydrogens is 427 g/mol. The first-order valence-electron chi connectivity index (χ1n) is 10.7. The van der Waals surface area contributed by atoms with Gasteiger partial charge >= 0.3 is 5.97 Å². The lowest BCUT2D eigenvalue weighted by atomic mass is 9.97. The fourth-order valence-electron chi connectivity index (χ4n) is 3.90. The van der Waals surface area contributed by atoms with Crippen LogP contribution in [0.5, 0.6) is 0 Å². The standard InChI is InChI=1S/C25H25FN2O3S/c1-31-24(30)18-11-12-20-22(15-18)27-25(32-16-19-9-5-6-10-21(19)26)28(23(20)29)14-13-17-7-3-2-4-8-17/h5-7,9-12,15H,2-4,8,13-14,16H2,1H3. The molecule has 0 saturated heterocycles. The summed E-state index contributed by atoms with van der Waals surface area (Å²) < 4.78 is 20.6. The quantitative estimate of drug-likeness (QED) is 0.205. The summed E-state index contributed by atoms with van der Waals surface area (Å²) in [5, 5.41) is 0.967. The van der Waals surface area contributed by atoms with Gasteiger partial charge in [-0.1, -0.05) is 41.6 Å². The lowest BCUT2D eigenvalue weighted by molar-refractivity contribution is 0.0601. The Hall–Kier alpha value is -2.93. The largest absolute Gasteiger partial charge is 0.465 e. The first kappa shape index (κ1) is 22.3. The van der Waals surface area contributed by atoms with Gasteiger partial charge in [-0.15, -0.1) is 0 Å². The number of carbonyl (C=O) groups is 1. The van der Waals surface area contributed by atoms with E-state index in [9.17, 15) is 14.0 Å². The van der Waals surface area contributed by atoms with E-state index in [1.54, 1.807) is 41.0 Å². The fraction of sp³-hybridized carbons (Fsp3) is 0.320. The van der Waals surface area contributed by atoms with Gasteiger partial charge in [-0.2, -0.15) is 0 Å². The van der Waals surface area contributed by atoms with E-state index in [0.29, 0.717) is 39.5 Å². The van der Waals surface area contributed by atoms with Crippen LogP contribution in [0.15, 0.2) is 64.1 Å². The van der Waals surface area contributed by atoms with Crippen LogP contribution in [0.2, 0.25) is 0 Å². The molecule has 5 nitrogen and oxygen atoms in total. The maximum absolute atomic E-state index is 14.1. The van der Waals surface area contributed by atoms with E-state index in [2.05, 4.69) is 6.08 Å². The number of benzene rings is 2. The number of aromatic nitrogens is 2. The molecule has 1 heterocycles. The maximum Gasteiger partial charge on any atom is 0.337 e. The Morgan fingerprint density at radius 2 is 2.06 bits per heavy atom. The summed E-state index contributed by atoms with van der Waals surface area (Å²) in [6.45, 7) is 0.520. The van der Waals surface area contributed by atoms with Crippen LogP contribution >= 0.6 is 11.8 Å². The van der Waals surface area contributed by atoms with Crippen molar-refractivity contribution < 1.29 is 13.9 Å². The predicted octanol–water partition coefficient (Wildman–Crippen LogP) is 5.51. The Kier molecular flexibility index (Phi) is 7.05. The number of rotatable bonds is 7. The Morgan fingerprint density at radius 3 is 2.81 bits per heavy atom. The fourth-order valence-corrected chi connectivity index (χ4v) is 4.91. The van der Waals surface area contributed by atoms with Crippen molar-refractivity contribution in [3.8, 4) is 0 Å². The molecule has 0 saturated carbocycles. The summed E-state index contributed by atoms with van der Waals surface area (Å²) in [5.41, 5.74) is 2.54. The summed E-state index contributed by atoms with van der Waals surface area (Å²) in [4.78, 5) is 30.0. The minimum Gasteiger partial charge on any atom is -0.465 e. The summed E-state index contributed by atoms with van der Waals surface area (Å²) in [6.07, 6.45) is 7.62. The minimum absolute atomic E-state index is 0.154. The van der Waals surface area contributed by atoms with Crippen molar-refractivity contribution in [2.45, 2.75) is 49.6 Å². The molecule has 1 aromatic heterocycles. The Labute approximate surface area is 190 Å². The molecule has 0 radical (unpaired) electrons. The first-order valence-corrected chi connectivity index (χ1v) is 11.7. The van der Waals surface area contributed by atoms with Crippen LogP contribution < -0.4 is 5.56 Å². The van der Waals surface area contributed by atoms with Crippen LogP contribution in [0.25, 0.3) is 10.9 Å². The van der Waals surface area contributed by atoms with E-state index in [1.165, 1.54) is 43.4 Å². The van der Waals surface area contributed by atoms with Crippen molar-refractivity contribution in [3.05, 3.63) is 81.4 Å². The predicted molar refractivity (Wildman–Crippen MR) is 124 cm³/mol. The van der Waals surface area contributed by atoms with Crippen molar-refractivity contribution in [3.63, 3.8) is 0 Å². The monoisotopic (exact) mass is 452 g/mol. The minimum atomic E-state index is -0.484. The maximum atomic E-state index is 14.1. The number of nitrogens with zero attached hydrogens (tertiary/aromatic N) is 2. The number of esters is 1. The van der Waals surface area contributed by atoms with Crippen LogP contribution in [0, 0.1) is 5.82 Å². The van der Waals surface area contributed by atoms with E-state index >= 15 is 0 Å². The van der Waals surface area contributed by atoms with Gasteiger partial charge in [-0.25, -0.2) is 14.2 Å². The second-order valence-electron chi connectivity index (χ2n) is 7.81. The molecule has 32 heavy (non-hydrogen) atoms. The van der Waals surface area contributed by atoms with Gasteiger partial charge in [0.2, 0.25) is 0 Å². The molecule has 0 bridgehead atoms. The number of allylic oxidation sites excluding steroid dienone is 2. The van der Waals surface area contributed by atoms with E-state index < -0.39 is 5.97 Å². The summed E-state index contributed by atoms with van der Waals surface area (Å²) >= 11 is 1.33. The van der Waals surface area contributed by atoms with Gasteiger partial charge in [0.15, 0.2) is 5.16 Å². The lowest BCUT2D eigenvalue weighted by Gasteiger charge is -2.16. The molecule has 4 rings (SSSR count). The van der Waals surface area contributed by atoms with Gasteiger partial charge in [0.05, 0.1) is 23.6 Å². The van der Waals surface area contributed by atoms with Gasteiger partial charge < -0.3 is 4.74 Å². The molecule has 0 fully saturated rings. The third-order valence-electron chi connectivity index (χ3n) is 5.70. The second-order valence-corrected chi connectivity index (χ2v) is 8.76. The molecule has 166 valence electrons. The smallest absolute Gasteiger partial charge is 0.337 e. The van der Waals surface area contributed by atoms with Crippen molar-refractivity contribution in [2.24, 2.45) is 0 Å². The van der Waals surface area contributed by atoms with E-state index in [4.69, 9.17) is 9.72 Å². The molecule has 0 spiro atoms. The lowest BCUT2D eigenvalue weighted by Crippen LogP contribution is -2.24. The zero-order chi connectivity index (χ0) is 22.5. The highest BCUT2D eigenvalue weighted by Crippen LogP contribution is 2.26. The van der Waals surface area contributed by atoms with E-state index in [-0.39, 0.29) is 11.4 Å². The zero-order valence-electron chi connectivity index (χ0n) is 18.0. The molecule has 0 N–H and O–H groups in total. The third-order valence-corrected chi connectivity index (χ3v) is 6.72. The number of carbonyl (C=O) groups excluding carboxylic acids is 1. The molecule has 7 heteroatoms. The molecule has 0 amide bonds. The molecule has 0 atom stereocenters. The van der Waals surface area contributed by atoms with Gasteiger partial charge in [0.1, 0.15) is 5.82 Å².